The minimum absolute atomic E-state index is 0.114. The molecule has 0 spiro atoms. The van der Waals surface area contributed by atoms with Crippen molar-refractivity contribution in [2.45, 2.75) is 6.54 Å². The molecular formula is C17H15N3O2. The van der Waals surface area contributed by atoms with Crippen LogP contribution in [-0.2, 0) is 6.54 Å². The number of para-hydroxylation sites is 1. The first-order valence-corrected chi connectivity index (χ1v) is 6.93. The highest BCUT2D eigenvalue weighted by Gasteiger charge is 2.13. The number of rotatable bonds is 3. The summed E-state index contributed by atoms with van der Waals surface area (Å²) in [5.74, 6) is 0.354. The summed E-state index contributed by atoms with van der Waals surface area (Å²) in [5.41, 5.74) is 1.04. The molecule has 1 heterocycles. The zero-order chi connectivity index (χ0) is 15.5. The summed E-state index contributed by atoms with van der Waals surface area (Å²) in [7, 11) is 1.69. The molecule has 110 valence electrons. The van der Waals surface area contributed by atoms with E-state index in [2.05, 4.69) is 9.97 Å². The molecule has 3 aromatic rings. The molecule has 1 N–H and O–H groups in total. The summed E-state index contributed by atoms with van der Waals surface area (Å²) in [6, 6.07) is 16.1. The van der Waals surface area contributed by atoms with E-state index >= 15 is 0 Å². The Morgan fingerprint density at radius 1 is 1.09 bits per heavy atom. The Morgan fingerprint density at radius 3 is 2.55 bits per heavy atom. The molecule has 0 aliphatic rings. The van der Waals surface area contributed by atoms with Crippen molar-refractivity contribution in [1.29, 1.82) is 0 Å². The van der Waals surface area contributed by atoms with E-state index in [-0.39, 0.29) is 18.0 Å². The zero-order valence-electron chi connectivity index (χ0n) is 12.1. The first-order chi connectivity index (χ1) is 10.6. The molecule has 0 bridgehead atoms. The fourth-order valence-corrected chi connectivity index (χ4v) is 2.31. The maximum Gasteiger partial charge on any atom is 0.258 e. The van der Waals surface area contributed by atoms with Crippen molar-refractivity contribution in [3.05, 3.63) is 76.3 Å². The zero-order valence-corrected chi connectivity index (χ0v) is 12.1. The minimum atomic E-state index is -0.193. The Morgan fingerprint density at radius 2 is 1.77 bits per heavy atom. The number of H-pyrrole nitrogens is 1. The fraction of sp³-hybridized carbons (Fsp3) is 0.118. The van der Waals surface area contributed by atoms with Crippen LogP contribution in [0.4, 0.5) is 0 Å². The van der Waals surface area contributed by atoms with Crippen LogP contribution < -0.4 is 5.56 Å². The lowest BCUT2D eigenvalue weighted by Crippen LogP contribution is -2.28. The van der Waals surface area contributed by atoms with Gasteiger partial charge in [-0.3, -0.25) is 9.59 Å². The van der Waals surface area contributed by atoms with E-state index in [1.165, 1.54) is 4.90 Å². The van der Waals surface area contributed by atoms with Gasteiger partial charge in [0.05, 0.1) is 17.4 Å². The quantitative estimate of drug-likeness (QED) is 0.805. The van der Waals surface area contributed by atoms with Gasteiger partial charge in [0.1, 0.15) is 5.82 Å². The second-order valence-electron chi connectivity index (χ2n) is 5.06. The minimum Gasteiger partial charge on any atom is -0.334 e. The molecule has 0 aliphatic carbocycles. The number of nitrogens with one attached hydrogen (secondary N) is 1. The lowest BCUT2D eigenvalue weighted by molar-refractivity contribution is 0.0781. The first-order valence-electron chi connectivity index (χ1n) is 6.93. The van der Waals surface area contributed by atoms with E-state index in [1.54, 1.807) is 37.4 Å². The van der Waals surface area contributed by atoms with Crippen molar-refractivity contribution in [3.63, 3.8) is 0 Å². The molecule has 0 aliphatic heterocycles. The van der Waals surface area contributed by atoms with Gasteiger partial charge in [-0.25, -0.2) is 4.98 Å². The maximum atomic E-state index is 12.3. The Bertz CT molecular complexity index is 872. The van der Waals surface area contributed by atoms with Crippen LogP contribution in [0.15, 0.2) is 59.4 Å². The summed E-state index contributed by atoms with van der Waals surface area (Å²) in [4.78, 5) is 33.0. The smallest absolute Gasteiger partial charge is 0.258 e. The molecule has 0 saturated heterocycles. The van der Waals surface area contributed by atoms with Crippen LogP contribution in [0, 0.1) is 0 Å². The Kier molecular flexibility index (Phi) is 3.70. The highest BCUT2D eigenvalue weighted by atomic mass is 16.2. The second kappa shape index (κ2) is 5.81. The summed E-state index contributed by atoms with van der Waals surface area (Å²) in [6.45, 7) is 0.244. The van der Waals surface area contributed by atoms with Gasteiger partial charge >= 0.3 is 0 Å². The number of nitrogens with zero attached hydrogens (tertiary/aromatic N) is 2. The number of carbonyl (C=O) groups is 1. The van der Waals surface area contributed by atoms with Crippen molar-refractivity contribution in [3.8, 4) is 0 Å². The summed E-state index contributed by atoms with van der Waals surface area (Å²) >= 11 is 0. The molecule has 22 heavy (non-hydrogen) atoms. The molecule has 3 rings (SSSR count). The van der Waals surface area contributed by atoms with Crippen molar-refractivity contribution in [2.75, 3.05) is 7.05 Å². The summed E-state index contributed by atoms with van der Waals surface area (Å²) in [5, 5.41) is 0.545. The standard InChI is InChI=1S/C17H15N3O2/c1-20(17(22)12-7-3-2-4-8-12)11-15-18-14-10-6-5-9-13(14)16(21)19-15/h2-10H,11H2,1H3,(H,18,19,21). The van der Waals surface area contributed by atoms with E-state index in [0.717, 1.165) is 0 Å². The first kappa shape index (κ1) is 14.0. The summed E-state index contributed by atoms with van der Waals surface area (Å²) in [6.07, 6.45) is 0. The molecule has 0 atom stereocenters. The van der Waals surface area contributed by atoms with Crippen molar-refractivity contribution in [1.82, 2.24) is 14.9 Å². The van der Waals surface area contributed by atoms with Gasteiger partial charge in [-0.2, -0.15) is 0 Å². The number of hydrogen-bond acceptors (Lipinski definition) is 3. The van der Waals surface area contributed by atoms with Crippen LogP contribution in [0.3, 0.4) is 0 Å². The molecule has 0 unspecified atom stereocenters. The van der Waals surface area contributed by atoms with Crippen molar-refractivity contribution >= 4 is 16.8 Å². The Balaban J connectivity index is 1.87. The van der Waals surface area contributed by atoms with Gasteiger partial charge in [0.25, 0.3) is 11.5 Å². The lowest BCUT2D eigenvalue weighted by Gasteiger charge is -2.16. The lowest BCUT2D eigenvalue weighted by atomic mass is 10.2. The van der Waals surface area contributed by atoms with Crippen LogP contribution in [0.1, 0.15) is 16.2 Å². The number of aromatic nitrogens is 2. The molecule has 0 saturated carbocycles. The van der Waals surface area contributed by atoms with Crippen LogP contribution in [0.2, 0.25) is 0 Å². The molecule has 2 aromatic carbocycles. The number of benzene rings is 2. The number of fused-ring (bicyclic) bond motifs is 1. The average molecular weight is 293 g/mol. The summed E-state index contributed by atoms with van der Waals surface area (Å²) < 4.78 is 0. The van der Waals surface area contributed by atoms with E-state index in [4.69, 9.17) is 0 Å². The van der Waals surface area contributed by atoms with E-state index in [9.17, 15) is 9.59 Å². The molecular weight excluding hydrogens is 278 g/mol. The van der Waals surface area contributed by atoms with Gasteiger partial charge in [-0.1, -0.05) is 30.3 Å². The second-order valence-corrected chi connectivity index (χ2v) is 5.06. The van der Waals surface area contributed by atoms with Crippen molar-refractivity contribution in [2.24, 2.45) is 0 Å². The molecule has 5 nitrogen and oxygen atoms in total. The van der Waals surface area contributed by atoms with E-state index in [1.807, 2.05) is 24.3 Å². The molecule has 1 aromatic heterocycles. The number of hydrogen-bond donors (Lipinski definition) is 1. The van der Waals surface area contributed by atoms with Gasteiger partial charge in [0.2, 0.25) is 0 Å². The van der Waals surface area contributed by atoms with Crippen LogP contribution in [0.5, 0.6) is 0 Å². The predicted molar refractivity (Wildman–Crippen MR) is 84.6 cm³/mol. The Labute approximate surface area is 127 Å². The van der Waals surface area contributed by atoms with Crippen LogP contribution in [-0.4, -0.2) is 27.8 Å². The van der Waals surface area contributed by atoms with Gasteiger partial charge < -0.3 is 9.88 Å². The predicted octanol–water partition coefficient (Wildman–Crippen LogP) is 2.20. The number of aromatic amines is 1. The highest BCUT2D eigenvalue weighted by Crippen LogP contribution is 2.08. The topological polar surface area (TPSA) is 66.1 Å². The van der Waals surface area contributed by atoms with Crippen molar-refractivity contribution < 1.29 is 4.79 Å². The van der Waals surface area contributed by atoms with Gasteiger partial charge in [-0.05, 0) is 24.3 Å². The monoisotopic (exact) mass is 293 g/mol. The van der Waals surface area contributed by atoms with E-state index in [0.29, 0.717) is 22.3 Å². The third-order valence-corrected chi connectivity index (χ3v) is 3.42. The molecule has 0 radical (unpaired) electrons. The van der Waals surface area contributed by atoms with Crippen LogP contribution in [0.25, 0.3) is 10.9 Å². The van der Waals surface area contributed by atoms with E-state index < -0.39 is 0 Å². The molecule has 0 fully saturated rings. The average Bonchev–Trinajstić information content (AvgIpc) is 2.55. The van der Waals surface area contributed by atoms with Gasteiger partial charge in [0.15, 0.2) is 0 Å². The number of amides is 1. The molecule has 1 amide bonds. The third-order valence-electron chi connectivity index (χ3n) is 3.42. The highest BCUT2D eigenvalue weighted by molar-refractivity contribution is 5.93. The van der Waals surface area contributed by atoms with Gasteiger partial charge in [-0.15, -0.1) is 0 Å². The fourth-order valence-electron chi connectivity index (χ4n) is 2.31. The van der Waals surface area contributed by atoms with Crippen LogP contribution >= 0.6 is 0 Å². The SMILES string of the molecule is CN(Cc1nc2ccccc2c(=O)[nH]1)C(=O)c1ccccc1. The number of carbonyl (C=O) groups excluding carboxylic acids is 1. The van der Waals surface area contributed by atoms with Gasteiger partial charge in [0, 0.05) is 12.6 Å². The normalized spacial score (nSPS) is 10.6. The molecule has 5 heteroatoms. The third kappa shape index (κ3) is 2.74. The Hall–Kier alpha value is -2.95. The largest absolute Gasteiger partial charge is 0.334 e. The maximum absolute atomic E-state index is 12.3.